The number of ether oxygens (including phenoxy) is 1. The van der Waals surface area contributed by atoms with Gasteiger partial charge in [-0.25, -0.2) is 0 Å². The van der Waals surface area contributed by atoms with Crippen molar-refractivity contribution in [2.75, 3.05) is 20.2 Å². The highest BCUT2D eigenvalue weighted by molar-refractivity contribution is 5.99. The van der Waals surface area contributed by atoms with E-state index in [0.717, 1.165) is 0 Å². The number of hydrogen-bond acceptors (Lipinski definition) is 5. The van der Waals surface area contributed by atoms with Crippen LogP contribution in [-0.2, 0) is 19.1 Å². The largest absolute Gasteiger partial charge is 0.395 e. The number of aliphatic hydroxyl groups is 1. The number of fused-ring (bicyclic) bond motifs is 1. The van der Waals surface area contributed by atoms with Crippen molar-refractivity contribution < 1.29 is 24.2 Å². The number of amides is 3. The van der Waals surface area contributed by atoms with Gasteiger partial charge in [0.1, 0.15) is 11.6 Å². The van der Waals surface area contributed by atoms with E-state index in [-0.39, 0.29) is 42.8 Å². The second-order valence-corrected chi connectivity index (χ2v) is 8.24. The van der Waals surface area contributed by atoms with E-state index in [9.17, 15) is 19.5 Å². The Hall–Kier alpha value is -1.67. The number of carbonyl (C=O) groups excluding carboxylic acids is 3. The van der Waals surface area contributed by atoms with E-state index in [4.69, 9.17) is 4.74 Å². The van der Waals surface area contributed by atoms with Crippen LogP contribution in [0.5, 0.6) is 0 Å². The molecule has 0 saturated carbocycles. The van der Waals surface area contributed by atoms with Crippen LogP contribution in [0.2, 0.25) is 0 Å². The molecule has 3 amide bonds. The van der Waals surface area contributed by atoms with Crippen LogP contribution in [0.25, 0.3) is 0 Å². The number of rotatable bonds is 5. The zero-order valence-electron chi connectivity index (χ0n) is 16.0. The lowest BCUT2D eigenvalue weighted by molar-refractivity contribution is -0.148. The lowest BCUT2D eigenvalue weighted by Crippen LogP contribution is -2.57. The minimum absolute atomic E-state index is 0.0253. The van der Waals surface area contributed by atoms with Gasteiger partial charge < -0.3 is 25.4 Å². The van der Waals surface area contributed by atoms with E-state index < -0.39 is 29.1 Å². The summed E-state index contributed by atoms with van der Waals surface area (Å²) in [6.07, 6.45) is 0.533. The number of β-amino-alcohol motifs (C(OH)–C–C–N with tert-alkyl or cyclic N) is 1. The standard InChI is InChI=1S/C18H29N3O5/c1-9(2)20-15(24)13-18-8-10(3)17(4,26-18)11(14(23)19-5)12(18)16(25)21(13)6-7-22/h9-13,22H,6-8H2,1-5H3,(H,19,23)(H,20,24)/t10?,11-,12-,13?,17+,18?/m0/s1. The molecule has 3 aliphatic rings. The molecule has 8 heteroatoms. The third kappa shape index (κ3) is 2.31. The molecule has 0 aromatic heterocycles. The fourth-order valence-electron chi connectivity index (χ4n) is 5.31. The van der Waals surface area contributed by atoms with Gasteiger partial charge in [0.2, 0.25) is 17.7 Å². The minimum Gasteiger partial charge on any atom is -0.395 e. The summed E-state index contributed by atoms with van der Waals surface area (Å²) in [4.78, 5) is 40.3. The molecule has 146 valence electrons. The lowest BCUT2D eigenvalue weighted by Gasteiger charge is -2.36. The summed E-state index contributed by atoms with van der Waals surface area (Å²) in [5.41, 5.74) is -1.82. The molecular formula is C18H29N3O5. The molecule has 3 fully saturated rings. The van der Waals surface area contributed by atoms with Crippen LogP contribution in [0.15, 0.2) is 0 Å². The third-order valence-electron chi connectivity index (χ3n) is 6.36. The number of nitrogens with zero attached hydrogens (tertiary/aromatic N) is 1. The monoisotopic (exact) mass is 367 g/mol. The molecule has 0 radical (unpaired) electrons. The van der Waals surface area contributed by atoms with Crippen molar-refractivity contribution in [3.05, 3.63) is 0 Å². The summed E-state index contributed by atoms with van der Waals surface area (Å²) in [5.74, 6) is -2.16. The predicted octanol–water partition coefficient (Wildman–Crippen LogP) is -0.740. The number of likely N-dealkylation sites (tertiary alicyclic amines) is 1. The molecule has 3 heterocycles. The SMILES string of the molecule is CNC(=O)[C@@H]1[C@H]2C(=O)N(CCO)C(C(=O)NC(C)C)C23CC(C)[C@@]1(C)O3. The molecule has 6 atom stereocenters. The van der Waals surface area contributed by atoms with Gasteiger partial charge in [-0.2, -0.15) is 0 Å². The van der Waals surface area contributed by atoms with E-state index in [0.29, 0.717) is 6.42 Å². The molecular weight excluding hydrogens is 338 g/mol. The molecule has 1 spiro atoms. The minimum atomic E-state index is -1.03. The fraction of sp³-hybridized carbons (Fsp3) is 0.833. The van der Waals surface area contributed by atoms with Crippen LogP contribution in [0.1, 0.15) is 34.1 Å². The summed E-state index contributed by atoms with van der Waals surface area (Å²) >= 11 is 0. The lowest BCUT2D eigenvalue weighted by atomic mass is 9.62. The first-order valence-corrected chi connectivity index (χ1v) is 9.27. The molecule has 8 nitrogen and oxygen atoms in total. The number of hydrogen-bond donors (Lipinski definition) is 3. The highest BCUT2D eigenvalue weighted by Gasteiger charge is 2.79. The van der Waals surface area contributed by atoms with Gasteiger partial charge in [-0.1, -0.05) is 6.92 Å². The van der Waals surface area contributed by atoms with Crippen LogP contribution < -0.4 is 10.6 Å². The van der Waals surface area contributed by atoms with Gasteiger partial charge in [0.15, 0.2) is 0 Å². The molecule has 3 saturated heterocycles. The molecule has 2 bridgehead atoms. The first-order chi connectivity index (χ1) is 12.1. The third-order valence-corrected chi connectivity index (χ3v) is 6.36. The number of aliphatic hydroxyl groups excluding tert-OH is 1. The van der Waals surface area contributed by atoms with E-state index >= 15 is 0 Å². The Bertz CT molecular complexity index is 638. The predicted molar refractivity (Wildman–Crippen MR) is 92.9 cm³/mol. The molecule has 0 aromatic carbocycles. The average Bonchev–Trinajstić information content (AvgIpc) is 3.05. The Kier molecular flexibility index (Phi) is 4.55. The van der Waals surface area contributed by atoms with Crippen LogP contribution >= 0.6 is 0 Å². The zero-order chi connectivity index (χ0) is 19.4. The van der Waals surface area contributed by atoms with Crippen molar-refractivity contribution in [1.82, 2.24) is 15.5 Å². The van der Waals surface area contributed by atoms with Gasteiger partial charge in [0.25, 0.3) is 0 Å². The Morgan fingerprint density at radius 2 is 2.04 bits per heavy atom. The summed E-state index contributed by atoms with van der Waals surface area (Å²) < 4.78 is 6.42. The number of nitrogens with one attached hydrogen (secondary N) is 2. The molecule has 3 N–H and O–H groups in total. The van der Waals surface area contributed by atoms with E-state index in [1.54, 1.807) is 7.05 Å². The van der Waals surface area contributed by atoms with Crippen molar-refractivity contribution in [3.63, 3.8) is 0 Å². The Morgan fingerprint density at radius 1 is 1.38 bits per heavy atom. The molecule has 3 unspecified atom stereocenters. The van der Waals surface area contributed by atoms with Crippen molar-refractivity contribution in [2.24, 2.45) is 17.8 Å². The molecule has 0 aliphatic carbocycles. The second kappa shape index (κ2) is 6.20. The molecule has 3 aliphatic heterocycles. The van der Waals surface area contributed by atoms with Gasteiger partial charge in [0.05, 0.1) is 24.0 Å². The van der Waals surface area contributed by atoms with Gasteiger partial charge >= 0.3 is 0 Å². The van der Waals surface area contributed by atoms with Crippen molar-refractivity contribution in [1.29, 1.82) is 0 Å². The normalized spacial score (nSPS) is 40.9. The quantitative estimate of drug-likeness (QED) is 0.593. The molecule has 0 aromatic rings. The van der Waals surface area contributed by atoms with Crippen LogP contribution in [-0.4, -0.2) is 71.2 Å². The maximum absolute atomic E-state index is 13.2. The Morgan fingerprint density at radius 3 is 2.58 bits per heavy atom. The average molecular weight is 367 g/mol. The summed E-state index contributed by atoms with van der Waals surface area (Å²) in [7, 11) is 1.54. The first kappa shape index (κ1) is 19.1. The highest BCUT2D eigenvalue weighted by Crippen LogP contribution is 2.65. The van der Waals surface area contributed by atoms with Gasteiger partial charge in [-0.05, 0) is 33.1 Å². The van der Waals surface area contributed by atoms with E-state index in [1.807, 2.05) is 27.7 Å². The van der Waals surface area contributed by atoms with Crippen LogP contribution in [0.4, 0.5) is 0 Å². The second-order valence-electron chi connectivity index (χ2n) is 8.24. The van der Waals surface area contributed by atoms with Gasteiger partial charge in [-0.15, -0.1) is 0 Å². The topological polar surface area (TPSA) is 108 Å². The van der Waals surface area contributed by atoms with Crippen LogP contribution in [0.3, 0.4) is 0 Å². The summed E-state index contributed by atoms with van der Waals surface area (Å²) in [5, 5.41) is 15.0. The van der Waals surface area contributed by atoms with Crippen molar-refractivity contribution in [2.45, 2.75) is 57.4 Å². The van der Waals surface area contributed by atoms with Gasteiger partial charge in [0, 0.05) is 19.6 Å². The van der Waals surface area contributed by atoms with Gasteiger partial charge in [-0.3, -0.25) is 14.4 Å². The Labute approximate surface area is 153 Å². The number of carbonyl (C=O) groups is 3. The molecule has 3 rings (SSSR count). The Balaban J connectivity index is 2.10. The fourth-order valence-corrected chi connectivity index (χ4v) is 5.31. The zero-order valence-corrected chi connectivity index (χ0v) is 16.0. The smallest absolute Gasteiger partial charge is 0.246 e. The van der Waals surface area contributed by atoms with Crippen molar-refractivity contribution >= 4 is 17.7 Å². The maximum atomic E-state index is 13.2. The highest BCUT2D eigenvalue weighted by atomic mass is 16.5. The van der Waals surface area contributed by atoms with E-state index in [2.05, 4.69) is 10.6 Å². The molecule has 26 heavy (non-hydrogen) atoms. The van der Waals surface area contributed by atoms with Crippen molar-refractivity contribution in [3.8, 4) is 0 Å². The first-order valence-electron chi connectivity index (χ1n) is 9.27. The summed E-state index contributed by atoms with van der Waals surface area (Å²) in [6, 6.07) is -0.932. The maximum Gasteiger partial charge on any atom is 0.246 e. The summed E-state index contributed by atoms with van der Waals surface area (Å²) in [6.45, 7) is 7.36. The van der Waals surface area contributed by atoms with Crippen LogP contribution in [0, 0.1) is 17.8 Å². The van der Waals surface area contributed by atoms with E-state index in [1.165, 1.54) is 4.90 Å².